The molecule has 3 aliphatic rings. The number of benzene rings is 4. The largest absolute Gasteiger partial charge is 0.497 e. The van der Waals surface area contributed by atoms with Gasteiger partial charge in [0.15, 0.2) is 5.60 Å². The number of ether oxygens (including phenoxy) is 2. The van der Waals surface area contributed by atoms with Crippen molar-refractivity contribution in [3.05, 3.63) is 119 Å². The summed E-state index contributed by atoms with van der Waals surface area (Å²) < 4.78 is 12.7. The molecule has 0 aromatic heterocycles. The van der Waals surface area contributed by atoms with Gasteiger partial charge in [0.2, 0.25) is 11.8 Å². The van der Waals surface area contributed by atoms with E-state index in [2.05, 4.69) is 32.2 Å². The maximum Gasteiger partial charge on any atom is 0.264 e. The van der Waals surface area contributed by atoms with Crippen molar-refractivity contribution >= 4 is 54.0 Å². The fraction of sp³-hybridized carbons (Fsp3) is 0.386. The van der Waals surface area contributed by atoms with E-state index in [1.165, 1.54) is 5.19 Å². The molecule has 0 radical (unpaired) electrons. The lowest BCUT2D eigenvalue weighted by Gasteiger charge is -2.37. The van der Waals surface area contributed by atoms with Crippen LogP contribution in [0.3, 0.4) is 0 Å². The van der Waals surface area contributed by atoms with E-state index in [1.54, 1.807) is 23.0 Å². The Bertz CT molecular complexity index is 2030. The molecule has 55 heavy (non-hydrogen) atoms. The van der Waals surface area contributed by atoms with Gasteiger partial charge in [-0.15, -0.1) is 0 Å². The molecule has 4 aromatic carbocycles. The molecule has 9 nitrogen and oxygen atoms in total. The maximum absolute atomic E-state index is 15.2. The summed E-state index contributed by atoms with van der Waals surface area (Å²) in [7, 11) is -0.875. The van der Waals surface area contributed by atoms with Crippen LogP contribution in [0.1, 0.15) is 49.3 Å². The topological polar surface area (TPSA) is 99.6 Å². The molecule has 3 amide bonds. The Labute approximate surface area is 329 Å². The summed E-state index contributed by atoms with van der Waals surface area (Å²) in [6, 6.07) is 31.3. The number of halogens is 1. The monoisotopic (exact) mass is 779 g/mol. The third kappa shape index (κ3) is 7.33. The molecular weight excluding hydrogens is 730 g/mol. The SMILES string of the molecule is COc1ccc([Si](C)(C)[C@H]2[C@H](CC(=O)N(CCO)Cc3ccccc3)O[C@@]3(C(=O)N(Cc4ccc(N5CCCCC5=O)cc4)c4ccc(Cl)cc43)[C@@H]2C)cc1. The summed E-state index contributed by atoms with van der Waals surface area (Å²) >= 11 is 6.71. The van der Waals surface area contributed by atoms with E-state index in [4.69, 9.17) is 21.1 Å². The summed E-state index contributed by atoms with van der Waals surface area (Å²) in [5.74, 6) is 0.253. The Kier molecular flexibility index (Phi) is 11.2. The molecule has 3 aliphatic heterocycles. The third-order valence-corrected chi connectivity index (χ3v) is 16.6. The Morgan fingerprint density at radius 2 is 1.71 bits per heavy atom. The molecule has 0 bridgehead atoms. The van der Waals surface area contributed by atoms with Gasteiger partial charge >= 0.3 is 0 Å². The summed E-state index contributed by atoms with van der Waals surface area (Å²) in [5, 5.41) is 11.7. The van der Waals surface area contributed by atoms with Crippen molar-refractivity contribution in [3.63, 3.8) is 0 Å². The first kappa shape index (κ1) is 38.8. The number of aliphatic hydroxyl groups is 1. The van der Waals surface area contributed by atoms with Gasteiger partial charge < -0.3 is 29.3 Å². The fourth-order valence-corrected chi connectivity index (χ4v) is 13.4. The number of carbonyl (C=O) groups excluding carboxylic acids is 3. The first-order valence-electron chi connectivity index (χ1n) is 19.2. The summed E-state index contributed by atoms with van der Waals surface area (Å²) in [6.45, 7) is 8.04. The number of anilines is 2. The molecule has 2 saturated heterocycles. The van der Waals surface area contributed by atoms with Gasteiger partial charge in [-0.25, -0.2) is 0 Å². The number of fused-ring (bicyclic) bond motifs is 2. The van der Waals surface area contributed by atoms with Gasteiger partial charge in [-0.05, 0) is 72.0 Å². The lowest BCUT2D eigenvalue weighted by atomic mass is 9.82. The molecule has 4 atom stereocenters. The quantitative estimate of drug-likeness (QED) is 0.155. The Morgan fingerprint density at radius 3 is 2.38 bits per heavy atom. The summed E-state index contributed by atoms with van der Waals surface area (Å²) in [6.07, 6.45) is 1.91. The van der Waals surface area contributed by atoms with Crippen molar-refractivity contribution in [1.29, 1.82) is 0 Å². The van der Waals surface area contributed by atoms with E-state index < -0.39 is 19.8 Å². The minimum absolute atomic E-state index is 0.0516. The van der Waals surface area contributed by atoms with E-state index in [0.717, 1.165) is 41.1 Å². The second-order valence-electron chi connectivity index (χ2n) is 15.6. The van der Waals surface area contributed by atoms with Crippen LogP contribution in [0.2, 0.25) is 23.7 Å². The second-order valence-corrected chi connectivity index (χ2v) is 20.7. The van der Waals surface area contributed by atoms with E-state index in [0.29, 0.717) is 36.6 Å². The van der Waals surface area contributed by atoms with Crippen LogP contribution in [0.25, 0.3) is 0 Å². The van der Waals surface area contributed by atoms with Crippen molar-refractivity contribution in [2.45, 2.75) is 76.0 Å². The molecule has 0 aliphatic carbocycles. The smallest absolute Gasteiger partial charge is 0.264 e. The Balaban J connectivity index is 1.25. The van der Waals surface area contributed by atoms with Crippen LogP contribution < -0.4 is 19.7 Å². The number of amides is 3. The van der Waals surface area contributed by atoms with Crippen LogP contribution >= 0.6 is 11.6 Å². The van der Waals surface area contributed by atoms with E-state index in [1.807, 2.05) is 83.8 Å². The molecule has 0 unspecified atom stereocenters. The van der Waals surface area contributed by atoms with Crippen molar-refractivity contribution < 1.29 is 29.0 Å². The zero-order valence-corrected chi connectivity index (χ0v) is 33.8. The Hall–Kier alpha value is -4.48. The molecule has 3 heterocycles. The standard InChI is InChI=1S/C44H50ClN3O6Si/c1-30-42(55(3,4)36-20-18-35(53-2)19-21-36)39(27-41(51)46(24-25-49)28-31-10-6-5-7-11-31)54-44(30)37-26-33(45)15-22-38(37)48(43(44)52)29-32-13-16-34(17-14-32)47-23-9-8-12-40(47)50/h5-7,10-11,13-22,26,30,39,42,49H,8-9,12,23-25,27-29H2,1-4H3/t30-,39+,42-,44+/m1/s1. The lowest BCUT2D eigenvalue weighted by molar-refractivity contribution is -0.150. The maximum atomic E-state index is 15.2. The number of rotatable bonds is 12. The van der Waals surface area contributed by atoms with Crippen LogP contribution in [0, 0.1) is 5.92 Å². The van der Waals surface area contributed by atoms with Crippen molar-refractivity contribution in [1.82, 2.24) is 4.90 Å². The molecule has 0 saturated carbocycles. The third-order valence-electron chi connectivity index (χ3n) is 12.0. The zero-order chi connectivity index (χ0) is 38.9. The van der Waals surface area contributed by atoms with Gasteiger partial charge in [0.05, 0.1) is 46.5 Å². The zero-order valence-electron chi connectivity index (χ0n) is 32.0. The van der Waals surface area contributed by atoms with Gasteiger partial charge in [0.1, 0.15) is 5.75 Å². The van der Waals surface area contributed by atoms with Crippen molar-refractivity contribution in [3.8, 4) is 5.75 Å². The van der Waals surface area contributed by atoms with E-state index in [-0.39, 0.29) is 48.8 Å². The molecule has 288 valence electrons. The highest BCUT2D eigenvalue weighted by Crippen LogP contribution is 2.60. The van der Waals surface area contributed by atoms with Gasteiger partial charge in [0.25, 0.3) is 5.91 Å². The first-order chi connectivity index (χ1) is 26.5. The average Bonchev–Trinajstić information content (AvgIpc) is 3.61. The van der Waals surface area contributed by atoms with Gasteiger partial charge in [0, 0.05) is 48.2 Å². The predicted octanol–water partition coefficient (Wildman–Crippen LogP) is 7.04. The Morgan fingerprint density at radius 1 is 0.982 bits per heavy atom. The summed E-state index contributed by atoms with van der Waals surface area (Å²) in [4.78, 5) is 47.5. The number of hydrogen-bond acceptors (Lipinski definition) is 6. The molecule has 7 rings (SSSR count). The predicted molar refractivity (Wildman–Crippen MR) is 218 cm³/mol. The van der Waals surface area contributed by atoms with E-state index >= 15 is 4.79 Å². The summed E-state index contributed by atoms with van der Waals surface area (Å²) in [5.41, 5.74) is 2.65. The van der Waals surface area contributed by atoms with Gasteiger partial charge in [-0.2, -0.15) is 0 Å². The highest BCUT2D eigenvalue weighted by Gasteiger charge is 2.66. The number of methoxy groups -OCH3 is 1. The minimum Gasteiger partial charge on any atom is -0.497 e. The molecule has 1 spiro atoms. The van der Waals surface area contributed by atoms with Gasteiger partial charge in [-0.3, -0.25) is 14.4 Å². The number of hydrogen-bond donors (Lipinski definition) is 1. The van der Waals surface area contributed by atoms with E-state index in [9.17, 15) is 14.7 Å². The van der Waals surface area contributed by atoms with Crippen molar-refractivity contribution in [2.75, 3.05) is 36.6 Å². The number of nitrogens with zero attached hydrogens (tertiary/aromatic N) is 3. The highest BCUT2D eigenvalue weighted by atomic mass is 35.5. The van der Waals surface area contributed by atoms with Gasteiger partial charge in [-0.1, -0.05) is 91.4 Å². The number of aliphatic hydroxyl groups excluding tert-OH is 1. The molecule has 1 N–H and O–H groups in total. The normalized spacial score (nSPS) is 22.3. The molecule has 11 heteroatoms. The lowest BCUT2D eigenvalue weighted by Crippen LogP contribution is -2.52. The molecule has 4 aromatic rings. The van der Waals surface area contributed by atoms with Crippen LogP contribution in [0.4, 0.5) is 11.4 Å². The van der Waals surface area contributed by atoms with Crippen LogP contribution in [-0.4, -0.2) is 68.7 Å². The number of carbonyl (C=O) groups is 3. The highest BCUT2D eigenvalue weighted by molar-refractivity contribution is 6.91. The minimum atomic E-state index is -2.52. The fourth-order valence-electron chi connectivity index (χ4n) is 9.20. The second kappa shape index (κ2) is 15.9. The molecule has 2 fully saturated rings. The van der Waals surface area contributed by atoms with Crippen LogP contribution in [0.15, 0.2) is 97.1 Å². The first-order valence-corrected chi connectivity index (χ1v) is 22.7. The van der Waals surface area contributed by atoms with Crippen molar-refractivity contribution in [2.24, 2.45) is 5.92 Å². The average molecular weight is 780 g/mol. The number of piperidine rings is 1. The molecular formula is C44H50ClN3O6Si. The van der Waals surface area contributed by atoms with Crippen LogP contribution in [-0.2, 0) is 37.8 Å². The van der Waals surface area contributed by atoms with Crippen LogP contribution in [0.5, 0.6) is 5.75 Å².